The lowest BCUT2D eigenvalue weighted by Crippen LogP contribution is -2.59. The van der Waals surface area contributed by atoms with Gasteiger partial charge in [-0.1, -0.05) is 13.8 Å². The van der Waals surface area contributed by atoms with E-state index in [0.29, 0.717) is 43.7 Å². The standard InChI is InChI=1S/C23H36N2O4/c1-14(2)19(20(26)25-6-4-18(5-7-25)21(27)29-3)24-22(28)23-11-15-8-16(12-23)10-17(9-15)13-23/h14-19H,4-13H2,1-3H3,(H,24,28). The maximum atomic E-state index is 13.4. The molecule has 0 radical (unpaired) electrons. The lowest BCUT2D eigenvalue weighted by molar-refractivity contribution is -0.152. The van der Waals surface area contributed by atoms with E-state index in [0.717, 1.165) is 19.3 Å². The predicted molar refractivity (Wildman–Crippen MR) is 109 cm³/mol. The van der Waals surface area contributed by atoms with Crippen molar-refractivity contribution >= 4 is 17.8 Å². The van der Waals surface area contributed by atoms with Crippen LogP contribution in [0.5, 0.6) is 0 Å². The van der Waals surface area contributed by atoms with Gasteiger partial charge in [0.15, 0.2) is 0 Å². The van der Waals surface area contributed by atoms with E-state index < -0.39 is 6.04 Å². The molecule has 1 saturated heterocycles. The summed E-state index contributed by atoms with van der Waals surface area (Å²) < 4.78 is 4.84. The van der Waals surface area contributed by atoms with Crippen LogP contribution in [0.4, 0.5) is 0 Å². The van der Waals surface area contributed by atoms with Gasteiger partial charge in [-0.15, -0.1) is 0 Å². The van der Waals surface area contributed by atoms with E-state index in [2.05, 4.69) is 5.32 Å². The van der Waals surface area contributed by atoms with E-state index in [1.54, 1.807) is 0 Å². The smallest absolute Gasteiger partial charge is 0.308 e. The second kappa shape index (κ2) is 7.92. The number of nitrogens with zero attached hydrogens (tertiary/aromatic N) is 1. The molecule has 5 aliphatic rings. The van der Waals surface area contributed by atoms with E-state index in [1.165, 1.54) is 26.4 Å². The first kappa shape index (κ1) is 20.7. The van der Waals surface area contributed by atoms with Crippen LogP contribution >= 0.6 is 0 Å². The quantitative estimate of drug-likeness (QED) is 0.715. The molecule has 1 heterocycles. The first-order valence-electron chi connectivity index (χ1n) is 11.5. The van der Waals surface area contributed by atoms with Crippen LogP contribution in [0.1, 0.15) is 65.2 Å². The number of likely N-dealkylation sites (tertiary alicyclic amines) is 1. The van der Waals surface area contributed by atoms with Crippen LogP contribution in [-0.4, -0.2) is 48.9 Å². The third-order valence-electron chi connectivity index (χ3n) is 8.08. The second-order valence-corrected chi connectivity index (χ2v) is 10.5. The molecule has 0 aromatic heterocycles. The monoisotopic (exact) mass is 404 g/mol. The van der Waals surface area contributed by atoms with Crippen LogP contribution in [0.3, 0.4) is 0 Å². The van der Waals surface area contributed by atoms with Crippen LogP contribution < -0.4 is 5.32 Å². The van der Waals surface area contributed by atoms with E-state index in [4.69, 9.17) is 4.74 Å². The van der Waals surface area contributed by atoms with Crippen LogP contribution in [0.25, 0.3) is 0 Å². The van der Waals surface area contributed by atoms with Crippen LogP contribution in [0, 0.1) is 35.0 Å². The molecule has 4 saturated carbocycles. The minimum atomic E-state index is -0.481. The van der Waals surface area contributed by atoms with E-state index >= 15 is 0 Å². The molecule has 1 aliphatic heterocycles. The van der Waals surface area contributed by atoms with Gasteiger partial charge in [-0.3, -0.25) is 14.4 Å². The van der Waals surface area contributed by atoms with Crippen molar-refractivity contribution in [2.45, 2.75) is 71.3 Å². The Bertz CT molecular complexity index is 631. The molecule has 4 aliphatic carbocycles. The van der Waals surface area contributed by atoms with Crippen LogP contribution in [-0.2, 0) is 19.1 Å². The number of hydrogen-bond donors (Lipinski definition) is 1. The maximum Gasteiger partial charge on any atom is 0.308 e. The third kappa shape index (κ3) is 3.91. The Morgan fingerprint density at radius 2 is 1.48 bits per heavy atom. The number of ether oxygens (including phenoxy) is 1. The van der Waals surface area contributed by atoms with Crippen molar-refractivity contribution in [3.8, 4) is 0 Å². The van der Waals surface area contributed by atoms with Gasteiger partial charge in [0.25, 0.3) is 0 Å². The lowest BCUT2D eigenvalue weighted by atomic mass is 9.49. The first-order chi connectivity index (χ1) is 13.8. The molecule has 5 rings (SSSR count). The largest absolute Gasteiger partial charge is 0.469 e. The highest BCUT2D eigenvalue weighted by molar-refractivity contribution is 5.90. The second-order valence-electron chi connectivity index (χ2n) is 10.5. The van der Waals surface area contributed by atoms with Gasteiger partial charge >= 0.3 is 5.97 Å². The summed E-state index contributed by atoms with van der Waals surface area (Å²) in [7, 11) is 1.41. The summed E-state index contributed by atoms with van der Waals surface area (Å²) in [4.78, 5) is 40.3. The number of methoxy groups -OCH3 is 1. The summed E-state index contributed by atoms with van der Waals surface area (Å²) in [6, 6.07) is -0.481. The Hall–Kier alpha value is -1.59. The number of amides is 2. The van der Waals surface area contributed by atoms with Gasteiger partial charge in [0.2, 0.25) is 11.8 Å². The highest BCUT2D eigenvalue weighted by Crippen LogP contribution is 2.60. The number of carbonyl (C=O) groups excluding carboxylic acids is 3. The van der Waals surface area contributed by atoms with E-state index in [9.17, 15) is 14.4 Å². The number of hydrogen-bond acceptors (Lipinski definition) is 4. The molecule has 6 heteroatoms. The first-order valence-corrected chi connectivity index (χ1v) is 11.5. The molecule has 2 amide bonds. The summed E-state index contributed by atoms with van der Waals surface area (Å²) in [5.74, 6) is 1.97. The minimum Gasteiger partial charge on any atom is -0.469 e. The predicted octanol–water partition coefficient (Wildman–Crippen LogP) is 2.76. The normalized spacial score (nSPS) is 34.9. The summed E-state index contributed by atoms with van der Waals surface area (Å²) in [5, 5.41) is 3.19. The molecule has 1 unspecified atom stereocenters. The minimum absolute atomic E-state index is 0.00129. The molecule has 0 aromatic carbocycles. The lowest BCUT2D eigenvalue weighted by Gasteiger charge is -2.56. The number of carbonyl (C=O) groups is 3. The van der Waals surface area contributed by atoms with Crippen molar-refractivity contribution in [1.29, 1.82) is 0 Å². The Morgan fingerprint density at radius 3 is 1.93 bits per heavy atom. The number of nitrogens with one attached hydrogen (secondary N) is 1. The molecular formula is C23H36N2O4. The van der Waals surface area contributed by atoms with Gasteiger partial charge in [-0.05, 0) is 75.0 Å². The van der Waals surface area contributed by atoms with Gasteiger partial charge < -0.3 is 15.0 Å². The Morgan fingerprint density at radius 1 is 0.966 bits per heavy atom. The summed E-state index contributed by atoms with van der Waals surface area (Å²) in [5.41, 5.74) is -0.236. The Balaban J connectivity index is 1.40. The molecule has 0 aromatic rings. The maximum absolute atomic E-state index is 13.4. The topological polar surface area (TPSA) is 75.7 Å². The van der Waals surface area contributed by atoms with Gasteiger partial charge in [-0.25, -0.2) is 0 Å². The van der Waals surface area contributed by atoms with Crippen LogP contribution in [0.15, 0.2) is 0 Å². The molecule has 1 N–H and O–H groups in total. The van der Waals surface area contributed by atoms with Crippen molar-refractivity contribution in [2.75, 3.05) is 20.2 Å². The number of rotatable bonds is 5. The molecule has 0 spiro atoms. The van der Waals surface area contributed by atoms with Crippen molar-refractivity contribution in [3.05, 3.63) is 0 Å². The summed E-state index contributed by atoms with van der Waals surface area (Å²) in [6.45, 7) is 5.11. The number of piperidine rings is 1. The average Bonchev–Trinajstić information content (AvgIpc) is 2.69. The van der Waals surface area contributed by atoms with Crippen molar-refractivity contribution in [2.24, 2.45) is 35.0 Å². The van der Waals surface area contributed by atoms with Gasteiger partial charge in [-0.2, -0.15) is 0 Å². The zero-order chi connectivity index (χ0) is 20.8. The third-order valence-corrected chi connectivity index (χ3v) is 8.08. The molecular weight excluding hydrogens is 368 g/mol. The zero-order valence-corrected chi connectivity index (χ0v) is 18.1. The summed E-state index contributed by atoms with van der Waals surface area (Å²) in [6.07, 6.45) is 8.19. The molecule has 1 atom stereocenters. The fourth-order valence-electron chi connectivity index (χ4n) is 6.90. The summed E-state index contributed by atoms with van der Waals surface area (Å²) >= 11 is 0. The van der Waals surface area contributed by atoms with Crippen molar-refractivity contribution in [3.63, 3.8) is 0 Å². The highest BCUT2D eigenvalue weighted by Gasteiger charge is 2.55. The van der Waals surface area contributed by atoms with E-state index in [-0.39, 0.29) is 35.0 Å². The number of esters is 1. The Kier molecular flexibility index (Phi) is 5.64. The highest BCUT2D eigenvalue weighted by atomic mass is 16.5. The van der Waals surface area contributed by atoms with Crippen LogP contribution in [0.2, 0.25) is 0 Å². The SMILES string of the molecule is COC(=O)C1CCN(C(=O)C(NC(=O)C23CC4CC(CC(C4)C2)C3)C(C)C)CC1. The van der Waals surface area contributed by atoms with Gasteiger partial charge in [0.1, 0.15) is 6.04 Å². The molecule has 162 valence electrons. The van der Waals surface area contributed by atoms with Gasteiger partial charge in [0, 0.05) is 18.5 Å². The van der Waals surface area contributed by atoms with Crippen molar-refractivity contribution < 1.29 is 19.1 Å². The molecule has 4 bridgehead atoms. The fraction of sp³-hybridized carbons (Fsp3) is 0.870. The van der Waals surface area contributed by atoms with Crippen molar-refractivity contribution in [1.82, 2.24) is 10.2 Å². The van der Waals surface area contributed by atoms with Gasteiger partial charge in [0.05, 0.1) is 13.0 Å². The van der Waals surface area contributed by atoms with E-state index in [1.807, 2.05) is 18.7 Å². The zero-order valence-electron chi connectivity index (χ0n) is 18.1. The average molecular weight is 405 g/mol. The fourth-order valence-corrected chi connectivity index (χ4v) is 6.90. The Labute approximate surface area is 174 Å². The molecule has 6 nitrogen and oxygen atoms in total. The molecule has 29 heavy (non-hydrogen) atoms. The molecule has 5 fully saturated rings.